The van der Waals surface area contributed by atoms with Crippen LogP contribution in [0.15, 0.2) is 17.6 Å². The van der Waals surface area contributed by atoms with Crippen molar-refractivity contribution in [2.24, 2.45) is 10.4 Å². The van der Waals surface area contributed by atoms with E-state index in [1.807, 2.05) is 0 Å². The van der Waals surface area contributed by atoms with Gasteiger partial charge in [-0.1, -0.05) is 32.3 Å². The van der Waals surface area contributed by atoms with E-state index in [0.717, 1.165) is 25.9 Å². The molecule has 0 bridgehead atoms. The second-order valence-corrected chi connectivity index (χ2v) is 7.89. The summed E-state index contributed by atoms with van der Waals surface area (Å²) in [6.07, 6.45) is 9.48. The van der Waals surface area contributed by atoms with Crippen LogP contribution in [-0.2, 0) is 27.7 Å². The van der Waals surface area contributed by atoms with Gasteiger partial charge in [0.2, 0.25) is 6.08 Å². The molecule has 1 saturated carbocycles. The Morgan fingerprint density at radius 3 is 2.60 bits per heavy atom. The molecule has 0 aromatic rings. The molecule has 1 rings (SSSR count). The summed E-state index contributed by atoms with van der Waals surface area (Å²) < 4.78 is 34.1. The van der Waals surface area contributed by atoms with E-state index in [1.165, 1.54) is 31.4 Å². The summed E-state index contributed by atoms with van der Waals surface area (Å²) in [5.74, 6) is 0. The molecule has 25 heavy (non-hydrogen) atoms. The number of aliphatic imine (C=N–C) groups is 1. The average Bonchev–Trinajstić information content (AvgIpc) is 3.39. The van der Waals surface area contributed by atoms with Gasteiger partial charge in [0, 0.05) is 12.0 Å². The maximum absolute atomic E-state index is 12.6. The molecule has 1 unspecified atom stereocenters. The summed E-state index contributed by atoms with van der Waals surface area (Å²) in [4.78, 5) is 13.4. The van der Waals surface area contributed by atoms with E-state index in [0.29, 0.717) is 6.61 Å². The lowest BCUT2D eigenvalue weighted by atomic mass is 10.1. The second kappa shape index (κ2) is 12.5. The summed E-state index contributed by atoms with van der Waals surface area (Å²) >= 11 is 0. The molecule has 0 radical (unpaired) electrons. The Hall–Kier alpha value is -0.810. The molecule has 1 aliphatic rings. The van der Waals surface area contributed by atoms with E-state index >= 15 is 0 Å². The predicted octanol–water partition coefficient (Wildman–Crippen LogP) is 4.04. The maximum atomic E-state index is 12.6. The first kappa shape index (κ1) is 22.2. The molecule has 0 saturated heterocycles. The SMILES string of the molecule is C=CCOP(=O)(OCCN=C=O)OCC1(COCCCCCC)CC1. The summed E-state index contributed by atoms with van der Waals surface area (Å²) in [6.45, 7) is 7.36. The Morgan fingerprint density at radius 1 is 1.16 bits per heavy atom. The number of ether oxygens (including phenoxy) is 1. The van der Waals surface area contributed by atoms with Gasteiger partial charge in [0.15, 0.2) is 0 Å². The first-order valence-electron chi connectivity index (χ1n) is 8.86. The number of unbranched alkanes of at least 4 members (excludes halogenated alkanes) is 3. The largest absolute Gasteiger partial charge is 0.475 e. The van der Waals surface area contributed by atoms with Crippen LogP contribution in [0.1, 0.15) is 45.4 Å². The normalized spacial score (nSPS) is 17.5. The van der Waals surface area contributed by atoms with E-state index in [2.05, 4.69) is 18.5 Å². The zero-order valence-electron chi connectivity index (χ0n) is 15.1. The molecular formula is C17H30NO6P. The lowest BCUT2D eigenvalue weighted by Gasteiger charge is -2.21. The fourth-order valence-corrected chi connectivity index (χ4v) is 3.39. The molecule has 144 valence electrons. The number of isocyanates is 1. The highest BCUT2D eigenvalue weighted by Crippen LogP contribution is 2.54. The van der Waals surface area contributed by atoms with E-state index in [4.69, 9.17) is 18.3 Å². The minimum atomic E-state index is -3.70. The molecule has 1 atom stereocenters. The van der Waals surface area contributed by atoms with Gasteiger partial charge in [-0.05, 0) is 19.3 Å². The van der Waals surface area contributed by atoms with Crippen LogP contribution in [0.4, 0.5) is 0 Å². The minimum Gasteiger partial charge on any atom is -0.381 e. The fourth-order valence-electron chi connectivity index (χ4n) is 2.14. The highest BCUT2D eigenvalue weighted by molar-refractivity contribution is 7.48. The van der Waals surface area contributed by atoms with Crippen molar-refractivity contribution in [2.45, 2.75) is 45.4 Å². The van der Waals surface area contributed by atoms with Crippen LogP contribution in [0, 0.1) is 5.41 Å². The molecular weight excluding hydrogens is 345 g/mol. The number of carbonyl (C=O) groups excluding carboxylic acids is 1. The molecule has 0 heterocycles. The van der Waals surface area contributed by atoms with Gasteiger partial charge in [0.1, 0.15) is 0 Å². The highest BCUT2D eigenvalue weighted by atomic mass is 31.2. The second-order valence-electron chi connectivity index (χ2n) is 6.22. The van der Waals surface area contributed by atoms with Gasteiger partial charge in [-0.25, -0.2) is 14.4 Å². The van der Waals surface area contributed by atoms with Crippen molar-refractivity contribution in [3.63, 3.8) is 0 Å². The zero-order valence-corrected chi connectivity index (χ0v) is 16.0. The van der Waals surface area contributed by atoms with E-state index in [1.54, 1.807) is 0 Å². The number of phosphoric ester groups is 1. The van der Waals surface area contributed by atoms with Gasteiger partial charge >= 0.3 is 7.82 Å². The quantitative estimate of drug-likeness (QED) is 0.125. The van der Waals surface area contributed by atoms with E-state index in [-0.39, 0.29) is 31.8 Å². The molecule has 8 heteroatoms. The Morgan fingerprint density at radius 2 is 1.96 bits per heavy atom. The Labute approximate surface area is 150 Å². The number of phosphoric acid groups is 1. The number of hydrogen-bond donors (Lipinski definition) is 0. The Bertz CT molecular complexity index is 474. The Kier molecular flexibility index (Phi) is 11.1. The van der Waals surface area contributed by atoms with Gasteiger partial charge in [0.25, 0.3) is 0 Å². The summed E-state index contributed by atoms with van der Waals surface area (Å²) in [6, 6.07) is 0. The summed E-state index contributed by atoms with van der Waals surface area (Å²) in [7, 11) is -3.70. The standard InChI is InChI=1S/C17H30NO6P/c1-3-5-6-7-12-21-14-17(8-9-17)15-24-25(20,22-11-4-2)23-13-10-18-16-19/h4H,2-3,5-15H2,1H3. The fraction of sp³-hybridized carbons (Fsp3) is 0.824. The van der Waals surface area contributed by atoms with Gasteiger partial charge in [-0.3, -0.25) is 13.6 Å². The monoisotopic (exact) mass is 375 g/mol. The molecule has 0 aromatic heterocycles. The topological polar surface area (TPSA) is 83.4 Å². The van der Waals surface area contributed by atoms with Gasteiger partial charge < -0.3 is 4.74 Å². The molecule has 7 nitrogen and oxygen atoms in total. The third-order valence-electron chi connectivity index (χ3n) is 3.90. The number of hydrogen-bond acceptors (Lipinski definition) is 7. The van der Waals surface area contributed by atoms with E-state index < -0.39 is 7.82 Å². The van der Waals surface area contributed by atoms with Gasteiger partial charge in [-0.15, -0.1) is 6.58 Å². The first-order valence-corrected chi connectivity index (χ1v) is 10.3. The lowest BCUT2D eigenvalue weighted by Crippen LogP contribution is -2.18. The van der Waals surface area contributed by atoms with Crippen LogP contribution < -0.4 is 0 Å². The summed E-state index contributed by atoms with van der Waals surface area (Å²) in [5, 5.41) is 0. The third-order valence-corrected chi connectivity index (χ3v) is 5.31. The molecule has 0 amide bonds. The van der Waals surface area contributed by atoms with Crippen LogP contribution in [0.2, 0.25) is 0 Å². The van der Waals surface area contributed by atoms with Gasteiger partial charge in [-0.2, -0.15) is 0 Å². The highest BCUT2D eigenvalue weighted by Gasteiger charge is 2.45. The van der Waals surface area contributed by atoms with Crippen LogP contribution in [0.25, 0.3) is 0 Å². The van der Waals surface area contributed by atoms with Gasteiger partial charge in [0.05, 0.1) is 33.0 Å². The molecule has 0 N–H and O–H groups in total. The molecule has 0 spiro atoms. The number of nitrogens with zero attached hydrogens (tertiary/aromatic N) is 1. The molecule has 1 fully saturated rings. The van der Waals surface area contributed by atoms with Crippen molar-refractivity contribution >= 4 is 13.9 Å². The minimum absolute atomic E-state index is 0.0371. The van der Waals surface area contributed by atoms with E-state index in [9.17, 15) is 9.36 Å². The molecule has 0 aliphatic heterocycles. The van der Waals surface area contributed by atoms with Crippen molar-refractivity contribution in [1.82, 2.24) is 0 Å². The van der Waals surface area contributed by atoms with Crippen molar-refractivity contribution in [2.75, 3.05) is 39.6 Å². The molecule has 0 aromatic carbocycles. The van der Waals surface area contributed by atoms with Crippen molar-refractivity contribution < 1.29 is 27.7 Å². The molecule has 1 aliphatic carbocycles. The van der Waals surface area contributed by atoms with Crippen molar-refractivity contribution in [3.05, 3.63) is 12.7 Å². The van der Waals surface area contributed by atoms with Crippen LogP contribution in [0.3, 0.4) is 0 Å². The van der Waals surface area contributed by atoms with Crippen molar-refractivity contribution in [1.29, 1.82) is 0 Å². The average molecular weight is 375 g/mol. The lowest BCUT2D eigenvalue weighted by molar-refractivity contribution is 0.0468. The smallest absolute Gasteiger partial charge is 0.381 e. The maximum Gasteiger partial charge on any atom is 0.475 e. The zero-order chi connectivity index (χ0) is 18.4. The van der Waals surface area contributed by atoms with Crippen molar-refractivity contribution in [3.8, 4) is 0 Å². The Balaban J connectivity index is 2.34. The number of rotatable bonds is 17. The van der Waals surface area contributed by atoms with Crippen LogP contribution in [0.5, 0.6) is 0 Å². The predicted molar refractivity (Wildman–Crippen MR) is 95.3 cm³/mol. The summed E-state index contributed by atoms with van der Waals surface area (Å²) in [5.41, 5.74) is -0.0950. The third kappa shape index (κ3) is 10.0. The van der Waals surface area contributed by atoms with Crippen LogP contribution in [-0.4, -0.2) is 45.7 Å². The van der Waals surface area contributed by atoms with Crippen LogP contribution >= 0.6 is 7.82 Å². The first-order chi connectivity index (χ1) is 12.1.